The molecule has 1 aliphatic rings. The van der Waals surface area contributed by atoms with Gasteiger partial charge in [-0.1, -0.05) is 0 Å². The highest BCUT2D eigenvalue weighted by atomic mass is 16.5. The molecule has 1 fully saturated rings. The molecule has 15 heavy (non-hydrogen) atoms. The Morgan fingerprint density at radius 3 is 1.80 bits per heavy atom. The number of nitrogens with zero attached hydrogens (tertiary/aromatic N) is 1. The van der Waals surface area contributed by atoms with Crippen LogP contribution in [0.2, 0.25) is 0 Å². The van der Waals surface area contributed by atoms with Crippen molar-refractivity contribution in [2.45, 2.75) is 25.9 Å². The first-order valence-corrected chi connectivity index (χ1v) is 4.73. The van der Waals surface area contributed by atoms with Crippen molar-refractivity contribution in [1.29, 1.82) is 0 Å². The van der Waals surface area contributed by atoms with Gasteiger partial charge in [-0.3, -0.25) is 4.79 Å². The maximum Gasteiger partial charge on any atom is 0.331 e. The van der Waals surface area contributed by atoms with Crippen molar-refractivity contribution in [3.8, 4) is 0 Å². The predicted molar refractivity (Wildman–Crippen MR) is 48.7 cm³/mol. The fourth-order valence-corrected chi connectivity index (χ4v) is 1.34. The van der Waals surface area contributed by atoms with Gasteiger partial charge >= 0.3 is 11.9 Å². The molecule has 1 saturated heterocycles. The highest BCUT2D eigenvalue weighted by Crippen LogP contribution is 2.28. The first-order valence-electron chi connectivity index (χ1n) is 4.73. The summed E-state index contributed by atoms with van der Waals surface area (Å²) < 4.78 is 9.42. The third kappa shape index (κ3) is 2.26. The molecule has 0 aromatic heterocycles. The second kappa shape index (κ2) is 4.77. The van der Waals surface area contributed by atoms with E-state index in [1.807, 2.05) is 0 Å². The summed E-state index contributed by atoms with van der Waals surface area (Å²) in [5.41, 5.74) is 0. The summed E-state index contributed by atoms with van der Waals surface area (Å²) in [6, 6.07) is -1.61. The number of hydrogen-bond donors (Lipinski definition) is 0. The maximum absolute atomic E-state index is 11.3. The van der Waals surface area contributed by atoms with Crippen molar-refractivity contribution in [3.63, 3.8) is 0 Å². The Morgan fingerprint density at radius 2 is 1.53 bits per heavy atom. The van der Waals surface area contributed by atoms with Gasteiger partial charge in [-0.05, 0) is 13.8 Å². The fourth-order valence-electron chi connectivity index (χ4n) is 1.34. The second-order valence-electron chi connectivity index (χ2n) is 2.95. The van der Waals surface area contributed by atoms with Crippen molar-refractivity contribution < 1.29 is 23.9 Å². The van der Waals surface area contributed by atoms with E-state index in [9.17, 15) is 14.4 Å². The van der Waals surface area contributed by atoms with Gasteiger partial charge < -0.3 is 14.4 Å². The monoisotopic (exact) mass is 215 g/mol. The molecule has 0 aromatic carbocycles. The van der Waals surface area contributed by atoms with Crippen LogP contribution in [0.5, 0.6) is 0 Å². The van der Waals surface area contributed by atoms with Crippen LogP contribution in [0.25, 0.3) is 0 Å². The Kier molecular flexibility index (Phi) is 3.65. The van der Waals surface area contributed by atoms with Crippen LogP contribution >= 0.6 is 0 Å². The maximum atomic E-state index is 11.3. The topological polar surface area (TPSA) is 72.7 Å². The number of hydrogen-bond acceptors (Lipinski definition) is 5. The zero-order chi connectivity index (χ0) is 11.4. The van der Waals surface area contributed by atoms with E-state index in [4.69, 9.17) is 9.47 Å². The lowest BCUT2D eigenvalue weighted by Crippen LogP contribution is -2.20. The Labute approximate surface area is 87.1 Å². The average Bonchev–Trinajstić information content (AvgIpc) is 2.92. The van der Waals surface area contributed by atoms with E-state index < -0.39 is 24.0 Å². The summed E-state index contributed by atoms with van der Waals surface area (Å²) in [7, 11) is 0. The molecule has 0 saturated carbocycles. The van der Waals surface area contributed by atoms with Crippen molar-refractivity contribution in [2.24, 2.45) is 0 Å². The van der Waals surface area contributed by atoms with Gasteiger partial charge in [0.1, 0.15) is 0 Å². The van der Waals surface area contributed by atoms with Gasteiger partial charge in [0.25, 0.3) is 0 Å². The van der Waals surface area contributed by atoms with E-state index >= 15 is 0 Å². The third-order valence-corrected chi connectivity index (χ3v) is 2.03. The molecule has 1 aliphatic heterocycles. The summed E-state index contributed by atoms with van der Waals surface area (Å²) in [6.07, 6.45) is 0.448. The number of esters is 2. The van der Waals surface area contributed by atoms with E-state index in [-0.39, 0.29) is 13.2 Å². The lowest BCUT2D eigenvalue weighted by Gasteiger charge is -1.98. The minimum absolute atomic E-state index is 0.220. The number of ether oxygens (including phenoxy) is 2. The Balaban J connectivity index is 2.56. The van der Waals surface area contributed by atoms with Gasteiger partial charge in [-0.15, -0.1) is 0 Å². The Hall–Kier alpha value is -1.59. The van der Waals surface area contributed by atoms with Gasteiger partial charge in [-0.25, -0.2) is 9.59 Å². The minimum atomic E-state index is -0.804. The average molecular weight is 215 g/mol. The summed E-state index contributed by atoms with van der Waals surface area (Å²) >= 11 is 0. The van der Waals surface area contributed by atoms with Crippen molar-refractivity contribution >= 4 is 18.3 Å². The van der Waals surface area contributed by atoms with E-state index in [0.717, 1.165) is 4.90 Å². The van der Waals surface area contributed by atoms with Gasteiger partial charge in [0.15, 0.2) is 12.1 Å². The molecular formula is C9H13NO5. The van der Waals surface area contributed by atoms with Gasteiger partial charge in [-0.2, -0.15) is 0 Å². The largest absolute Gasteiger partial charge is 0.464 e. The molecule has 0 bridgehead atoms. The van der Waals surface area contributed by atoms with E-state index in [1.165, 1.54) is 0 Å². The zero-order valence-electron chi connectivity index (χ0n) is 8.63. The minimum Gasteiger partial charge on any atom is -0.464 e. The fraction of sp³-hybridized carbons (Fsp3) is 0.667. The molecule has 0 aliphatic carbocycles. The van der Waals surface area contributed by atoms with Crippen LogP contribution in [0.3, 0.4) is 0 Å². The number of amides is 1. The van der Waals surface area contributed by atoms with Crippen LogP contribution in [-0.2, 0) is 23.9 Å². The summed E-state index contributed by atoms with van der Waals surface area (Å²) in [4.78, 5) is 34.1. The van der Waals surface area contributed by atoms with Crippen LogP contribution in [0.15, 0.2) is 0 Å². The van der Waals surface area contributed by atoms with E-state index in [2.05, 4.69) is 0 Å². The molecule has 1 rings (SSSR count). The van der Waals surface area contributed by atoms with Gasteiger partial charge in [0.2, 0.25) is 6.41 Å². The SMILES string of the molecule is CCOC(=O)[C@@H]1[C@@H](C(=O)OCC)N1C=O. The second-order valence-corrected chi connectivity index (χ2v) is 2.95. The van der Waals surface area contributed by atoms with E-state index in [1.54, 1.807) is 13.8 Å². The molecule has 0 unspecified atom stereocenters. The molecule has 6 nitrogen and oxygen atoms in total. The third-order valence-electron chi connectivity index (χ3n) is 2.03. The highest BCUT2D eigenvalue weighted by Gasteiger charge is 2.58. The van der Waals surface area contributed by atoms with E-state index in [0.29, 0.717) is 6.41 Å². The van der Waals surface area contributed by atoms with Crippen molar-refractivity contribution in [3.05, 3.63) is 0 Å². The number of carbonyl (C=O) groups excluding carboxylic acids is 3. The predicted octanol–water partition coefficient (Wildman–Crippen LogP) is -0.678. The molecule has 0 N–H and O–H groups in total. The smallest absolute Gasteiger partial charge is 0.331 e. The molecule has 0 spiro atoms. The standard InChI is InChI=1S/C9H13NO5/c1-3-14-8(12)6-7(10(6)5-11)9(13)15-4-2/h5-7H,3-4H2,1-2H3/t6-,7-/m0/s1. The van der Waals surface area contributed by atoms with Crippen LogP contribution in [0.1, 0.15) is 13.8 Å². The summed E-state index contributed by atoms with van der Waals surface area (Å²) in [5.74, 6) is -1.13. The van der Waals surface area contributed by atoms with Crippen molar-refractivity contribution in [1.82, 2.24) is 4.90 Å². The van der Waals surface area contributed by atoms with Gasteiger partial charge in [0.05, 0.1) is 13.2 Å². The van der Waals surface area contributed by atoms with Crippen LogP contribution in [0.4, 0.5) is 0 Å². The highest BCUT2D eigenvalue weighted by molar-refractivity contribution is 5.96. The molecule has 0 radical (unpaired) electrons. The van der Waals surface area contributed by atoms with Crippen molar-refractivity contribution in [2.75, 3.05) is 13.2 Å². The molecule has 0 aromatic rings. The van der Waals surface area contributed by atoms with Gasteiger partial charge in [0, 0.05) is 0 Å². The molecule has 84 valence electrons. The number of rotatable bonds is 5. The molecule has 6 heteroatoms. The summed E-state index contributed by atoms with van der Waals surface area (Å²) in [6.45, 7) is 3.75. The Bertz CT molecular complexity index is 254. The quantitative estimate of drug-likeness (QED) is 0.345. The number of carbonyl (C=O) groups is 3. The molecule has 1 heterocycles. The lowest BCUT2D eigenvalue weighted by atomic mass is 10.3. The molecule has 2 atom stereocenters. The van der Waals surface area contributed by atoms with Crippen LogP contribution in [0, 0.1) is 0 Å². The zero-order valence-corrected chi connectivity index (χ0v) is 8.63. The first kappa shape index (κ1) is 11.5. The first-order chi connectivity index (χ1) is 7.17. The lowest BCUT2D eigenvalue weighted by molar-refractivity contribution is -0.147. The Morgan fingerprint density at radius 1 is 1.13 bits per heavy atom. The van der Waals surface area contributed by atoms with Crippen LogP contribution < -0.4 is 0 Å². The molecule has 1 amide bonds. The van der Waals surface area contributed by atoms with Crippen LogP contribution in [-0.4, -0.2) is 48.5 Å². The molecular weight excluding hydrogens is 202 g/mol. The normalized spacial score (nSPS) is 23.2. The summed E-state index contributed by atoms with van der Waals surface area (Å²) in [5, 5.41) is 0.